The SMILES string of the molecule is O=C(N[C@@H]1CC2CCN(C2)C1)c1ccc2[nH]c3ccccc3c2c1. The summed E-state index contributed by atoms with van der Waals surface area (Å²) in [4.78, 5) is 18.6. The number of H-pyrrole nitrogens is 1. The molecule has 1 aromatic heterocycles. The first-order valence-corrected chi connectivity index (χ1v) is 8.80. The van der Waals surface area contributed by atoms with Gasteiger partial charge in [-0.05, 0) is 49.6 Å². The van der Waals surface area contributed by atoms with Crippen molar-refractivity contribution in [2.45, 2.75) is 18.9 Å². The molecule has 0 radical (unpaired) electrons. The van der Waals surface area contributed by atoms with Gasteiger partial charge in [0.1, 0.15) is 0 Å². The maximum absolute atomic E-state index is 12.7. The van der Waals surface area contributed by atoms with Gasteiger partial charge in [-0.3, -0.25) is 4.79 Å². The number of aromatic nitrogens is 1. The van der Waals surface area contributed by atoms with E-state index in [2.05, 4.69) is 27.3 Å². The number of carbonyl (C=O) groups excluding carboxylic acids is 1. The Bertz CT molecular complexity index is 917. The van der Waals surface area contributed by atoms with E-state index < -0.39 is 0 Å². The van der Waals surface area contributed by atoms with Crippen molar-refractivity contribution in [2.24, 2.45) is 5.92 Å². The van der Waals surface area contributed by atoms with Gasteiger partial charge in [-0.1, -0.05) is 18.2 Å². The van der Waals surface area contributed by atoms with Crippen LogP contribution in [0.25, 0.3) is 21.8 Å². The molecule has 4 nitrogen and oxygen atoms in total. The van der Waals surface area contributed by atoms with Crippen molar-refractivity contribution < 1.29 is 4.79 Å². The molecule has 3 heterocycles. The molecule has 0 saturated carbocycles. The Kier molecular flexibility index (Phi) is 3.13. The summed E-state index contributed by atoms with van der Waals surface area (Å²) < 4.78 is 0. The van der Waals surface area contributed by atoms with Crippen LogP contribution in [0.15, 0.2) is 42.5 Å². The summed E-state index contributed by atoms with van der Waals surface area (Å²) in [6.07, 6.45) is 2.41. The molecule has 4 heteroatoms. The maximum atomic E-state index is 12.7. The van der Waals surface area contributed by atoms with Crippen LogP contribution in [0.5, 0.6) is 0 Å². The highest BCUT2D eigenvalue weighted by Gasteiger charge is 2.32. The molecular formula is C20H21N3O. The summed E-state index contributed by atoms with van der Waals surface area (Å²) in [5.41, 5.74) is 2.94. The van der Waals surface area contributed by atoms with Gasteiger partial charge in [0.2, 0.25) is 0 Å². The third-order valence-electron chi connectivity index (χ3n) is 5.57. The van der Waals surface area contributed by atoms with Gasteiger partial charge in [-0.25, -0.2) is 0 Å². The number of aromatic amines is 1. The van der Waals surface area contributed by atoms with E-state index in [1.165, 1.54) is 24.9 Å². The molecular weight excluding hydrogens is 298 g/mol. The number of nitrogens with zero attached hydrogens (tertiary/aromatic N) is 1. The fourth-order valence-electron chi connectivity index (χ4n) is 4.42. The predicted octanol–water partition coefficient (Wildman–Crippen LogP) is 3.15. The number of hydrogen-bond donors (Lipinski definition) is 2. The zero-order valence-electron chi connectivity index (χ0n) is 13.6. The van der Waals surface area contributed by atoms with Crippen LogP contribution in [-0.2, 0) is 0 Å². The molecule has 2 fully saturated rings. The van der Waals surface area contributed by atoms with Gasteiger partial charge < -0.3 is 15.2 Å². The highest BCUT2D eigenvalue weighted by Crippen LogP contribution is 2.28. The highest BCUT2D eigenvalue weighted by molar-refractivity contribution is 6.09. The van der Waals surface area contributed by atoms with Crippen LogP contribution >= 0.6 is 0 Å². The van der Waals surface area contributed by atoms with Crippen molar-refractivity contribution in [1.29, 1.82) is 0 Å². The van der Waals surface area contributed by atoms with E-state index >= 15 is 0 Å². The van der Waals surface area contributed by atoms with Crippen LogP contribution in [0.1, 0.15) is 23.2 Å². The standard InChI is InChI=1S/C20H21N3O/c24-20(21-15-9-13-7-8-23(11-13)12-15)14-5-6-19-17(10-14)16-3-1-2-4-18(16)22-19/h1-6,10,13,15,22H,7-9,11-12H2,(H,21,24)/t13?,15-/m1/s1. The van der Waals surface area contributed by atoms with Gasteiger partial charge in [0.15, 0.2) is 0 Å². The molecule has 5 rings (SSSR count). The molecule has 2 N–H and O–H groups in total. The molecule has 3 aromatic rings. The smallest absolute Gasteiger partial charge is 0.251 e. The van der Waals surface area contributed by atoms with E-state index in [-0.39, 0.29) is 11.9 Å². The van der Waals surface area contributed by atoms with Gasteiger partial charge in [0.25, 0.3) is 5.91 Å². The third-order valence-corrected chi connectivity index (χ3v) is 5.57. The lowest BCUT2D eigenvalue weighted by atomic mass is 9.96. The number of piperidine rings is 1. The molecule has 2 bridgehead atoms. The third kappa shape index (κ3) is 2.29. The molecule has 2 aliphatic heterocycles. The molecule has 3 atom stereocenters. The minimum absolute atomic E-state index is 0.0506. The van der Waals surface area contributed by atoms with Crippen molar-refractivity contribution >= 4 is 27.7 Å². The van der Waals surface area contributed by atoms with Gasteiger partial charge in [0, 0.05) is 46.5 Å². The molecule has 1 amide bonds. The molecule has 2 aliphatic rings. The minimum Gasteiger partial charge on any atom is -0.355 e. The fourth-order valence-corrected chi connectivity index (χ4v) is 4.42. The van der Waals surface area contributed by atoms with Crippen molar-refractivity contribution in [2.75, 3.05) is 19.6 Å². The van der Waals surface area contributed by atoms with Crippen molar-refractivity contribution in [1.82, 2.24) is 15.2 Å². The van der Waals surface area contributed by atoms with Crippen LogP contribution in [0, 0.1) is 5.92 Å². The molecule has 2 saturated heterocycles. The number of nitrogens with one attached hydrogen (secondary N) is 2. The van der Waals surface area contributed by atoms with E-state index in [4.69, 9.17) is 0 Å². The first-order valence-electron chi connectivity index (χ1n) is 8.80. The van der Waals surface area contributed by atoms with E-state index in [1.54, 1.807) is 0 Å². The van der Waals surface area contributed by atoms with Crippen molar-refractivity contribution in [3.63, 3.8) is 0 Å². The number of amides is 1. The lowest BCUT2D eigenvalue weighted by Crippen LogP contribution is -2.47. The number of fused-ring (bicyclic) bond motifs is 5. The summed E-state index contributed by atoms with van der Waals surface area (Å²) in [6, 6.07) is 14.5. The zero-order chi connectivity index (χ0) is 16.1. The van der Waals surface area contributed by atoms with Crippen LogP contribution in [0.2, 0.25) is 0 Å². The number of para-hydroxylation sites is 1. The van der Waals surface area contributed by atoms with Crippen LogP contribution in [0.3, 0.4) is 0 Å². The molecule has 0 spiro atoms. The maximum Gasteiger partial charge on any atom is 0.251 e. The lowest BCUT2D eigenvalue weighted by Gasteiger charge is -2.30. The average molecular weight is 319 g/mol. The molecule has 0 aliphatic carbocycles. The van der Waals surface area contributed by atoms with E-state index in [0.717, 1.165) is 40.9 Å². The van der Waals surface area contributed by atoms with E-state index in [0.29, 0.717) is 0 Å². The van der Waals surface area contributed by atoms with Crippen molar-refractivity contribution in [3.05, 3.63) is 48.0 Å². The quantitative estimate of drug-likeness (QED) is 0.762. The van der Waals surface area contributed by atoms with Gasteiger partial charge in [-0.2, -0.15) is 0 Å². The molecule has 2 aromatic carbocycles. The van der Waals surface area contributed by atoms with Crippen LogP contribution in [0.4, 0.5) is 0 Å². The van der Waals surface area contributed by atoms with E-state index in [1.807, 2.05) is 30.3 Å². The summed E-state index contributed by atoms with van der Waals surface area (Å²) in [6.45, 7) is 3.41. The Balaban J connectivity index is 1.43. The Morgan fingerprint density at radius 2 is 1.96 bits per heavy atom. The number of rotatable bonds is 2. The topological polar surface area (TPSA) is 48.1 Å². The largest absolute Gasteiger partial charge is 0.355 e. The Morgan fingerprint density at radius 3 is 2.88 bits per heavy atom. The minimum atomic E-state index is 0.0506. The lowest BCUT2D eigenvalue weighted by molar-refractivity contribution is 0.0909. The Morgan fingerprint density at radius 1 is 1.08 bits per heavy atom. The average Bonchev–Trinajstić information content (AvgIpc) is 3.14. The fraction of sp³-hybridized carbons (Fsp3) is 0.350. The second-order valence-electron chi connectivity index (χ2n) is 7.25. The van der Waals surface area contributed by atoms with E-state index in [9.17, 15) is 4.79 Å². The summed E-state index contributed by atoms with van der Waals surface area (Å²) in [5, 5.41) is 5.54. The second kappa shape index (κ2) is 5.35. The second-order valence-corrected chi connectivity index (χ2v) is 7.25. The first kappa shape index (κ1) is 14.1. The number of hydrogen-bond acceptors (Lipinski definition) is 2. The molecule has 24 heavy (non-hydrogen) atoms. The predicted molar refractivity (Wildman–Crippen MR) is 96.2 cm³/mol. The Hall–Kier alpha value is -2.33. The number of benzene rings is 2. The first-order chi connectivity index (χ1) is 11.8. The summed E-state index contributed by atoms with van der Waals surface area (Å²) in [7, 11) is 0. The molecule has 2 unspecified atom stereocenters. The summed E-state index contributed by atoms with van der Waals surface area (Å²) in [5.74, 6) is 0.815. The Labute approximate surface area is 140 Å². The van der Waals surface area contributed by atoms with Crippen molar-refractivity contribution in [3.8, 4) is 0 Å². The normalized spacial score (nSPS) is 26.1. The van der Waals surface area contributed by atoms with Crippen LogP contribution < -0.4 is 5.32 Å². The summed E-state index contributed by atoms with van der Waals surface area (Å²) >= 11 is 0. The zero-order valence-corrected chi connectivity index (χ0v) is 13.6. The van der Waals surface area contributed by atoms with Gasteiger partial charge in [0.05, 0.1) is 0 Å². The monoisotopic (exact) mass is 319 g/mol. The van der Waals surface area contributed by atoms with Gasteiger partial charge >= 0.3 is 0 Å². The van der Waals surface area contributed by atoms with Gasteiger partial charge in [-0.15, -0.1) is 0 Å². The van der Waals surface area contributed by atoms with Crippen LogP contribution in [-0.4, -0.2) is 41.5 Å². The number of carbonyl (C=O) groups is 1. The molecule has 122 valence electrons. The highest BCUT2D eigenvalue weighted by atomic mass is 16.1.